The zero-order chi connectivity index (χ0) is 13.9. The molecule has 0 spiro atoms. The van der Waals surface area contributed by atoms with Gasteiger partial charge in [-0.2, -0.15) is 0 Å². The van der Waals surface area contributed by atoms with Crippen LogP contribution >= 0.6 is 0 Å². The molecule has 2 rings (SSSR count). The minimum Gasteiger partial charge on any atom is -0.378 e. The second-order valence-electron chi connectivity index (χ2n) is 6.06. The van der Waals surface area contributed by atoms with Gasteiger partial charge in [0.2, 0.25) is 5.91 Å². The Labute approximate surface area is 115 Å². The summed E-state index contributed by atoms with van der Waals surface area (Å²) in [6.07, 6.45) is 3.61. The van der Waals surface area contributed by atoms with E-state index < -0.39 is 0 Å². The van der Waals surface area contributed by atoms with Crippen molar-refractivity contribution in [3.8, 4) is 0 Å². The second-order valence-corrected chi connectivity index (χ2v) is 6.06. The van der Waals surface area contributed by atoms with E-state index in [-0.39, 0.29) is 23.5 Å². The maximum absolute atomic E-state index is 12.2. The summed E-state index contributed by atoms with van der Waals surface area (Å²) in [5, 5.41) is 3.02. The van der Waals surface area contributed by atoms with Gasteiger partial charge in [-0.1, -0.05) is 6.92 Å². The molecule has 4 atom stereocenters. The molecule has 0 radical (unpaired) electrons. The molecule has 19 heavy (non-hydrogen) atoms. The van der Waals surface area contributed by atoms with Crippen molar-refractivity contribution in [3.63, 3.8) is 0 Å². The van der Waals surface area contributed by atoms with Crippen LogP contribution < -0.4 is 11.1 Å². The largest absolute Gasteiger partial charge is 0.378 e. The number of methoxy groups -OCH3 is 1. The van der Waals surface area contributed by atoms with Crippen LogP contribution in [0.4, 0.5) is 0 Å². The minimum absolute atomic E-state index is 0.0578. The molecule has 1 aliphatic heterocycles. The van der Waals surface area contributed by atoms with Gasteiger partial charge in [0.05, 0.1) is 6.61 Å². The molecule has 0 aromatic rings. The number of nitrogens with one attached hydrogen (secondary N) is 1. The summed E-state index contributed by atoms with van der Waals surface area (Å²) in [6.45, 7) is 3.96. The van der Waals surface area contributed by atoms with E-state index in [1.807, 2.05) is 0 Å². The van der Waals surface area contributed by atoms with E-state index >= 15 is 0 Å². The van der Waals surface area contributed by atoms with Gasteiger partial charge in [-0.05, 0) is 25.2 Å². The molecule has 5 heteroatoms. The van der Waals surface area contributed by atoms with Crippen molar-refractivity contribution >= 4 is 5.91 Å². The van der Waals surface area contributed by atoms with E-state index in [2.05, 4.69) is 12.2 Å². The molecule has 2 fully saturated rings. The summed E-state index contributed by atoms with van der Waals surface area (Å²) in [7, 11) is 1.68. The average Bonchev–Trinajstić information content (AvgIpc) is 2.89. The second kappa shape index (κ2) is 6.20. The third kappa shape index (κ3) is 3.46. The summed E-state index contributed by atoms with van der Waals surface area (Å²) >= 11 is 0. The average molecular weight is 270 g/mol. The molecule has 1 saturated carbocycles. The Morgan fingerprint density at radius 3 is 2.89 bits per heavy atom. The van der Waals surface area contributed by atoms with Gasteiger partial charge >= 0.3 is 0 Å². The minimum atomic E-state index is -0.334. The molecule has 1 heterocycles. The molecular formula is C14H26N2O3. The fourth-order valence-electron chi connectivity index (χ4n) is 2.95. The molecule has 0 aromatic heterocycles. The molecule has 4 unspecified atom stereocenters. The van der Waals surface area contributed by atoms with E-state index in [4.69, 9.17) is 15.2 Å². The zero-order valence-corrected chi connectivity index (χ0v) is 12.0. The number of hydrogen-bond donors (Lipinski definition) is 2. The van der Waals surface area contributed by atoms with Crippen LogP contribution in [0.2, 0.25) is 0 Å². The monoisotopic (exact) mass is 270 g/mol. The van der Waals surface area contributed by atoms with Gasteiger partial charge < -0.3 is 20.5 Å². The smallest absolute Gasteiger partial charge is 0.223 e. The first-order valence-electron chi connectivity index (χ1n) is 7.22. The van der Waals surface area contributed by atoms with E-state index in [0.29, 0.717) is 25.7 Å². The summed E-state index contributed by atoms with van der Waals surface area (Å²) in [4.78, 5) is 12.2. The Balaban J connectivity index is 1.81. The van der Waals surface area contributed by atoms with E-state index in [1.54, 1.807) is 7.11 Å². The molecule has 5 nitrogen and oxygen atoms in total. The normalized spacial score (nSPS) is 39.2. The Morgan fingerprint density at radius 1 is 1.53 bits per heavy atom. The van der Waals surface area contributed by atoms with Crippen LogP contribution in [-0.2, 0) is 14.3 Å². The molecule has 1 saturated heterocycles. The molecule has 110 valence electrons. The van der Waals surface area contributed by atoms with Gasteiger partial charge in [-0.3, -0.25) is 4.79 Å². The van der Waals surface area contributed by atoms with Crippen LogP contribution in [0.15, 0.2) is 0 Å². The molecule has 3 N–H and O–H groups in total. The number of ether oxygens (including phenoxy) is 2. The quantitative estimate of drug-likeness (QED) is 0.787. The lowest BCUT2D eigenvalue weighted by molar-refractivity contribution is -0.128. The Hall–Kier alpha value is -0.650. The van der Waals surface area contributed by atoms with Gasteiger partial charge in [0, 0.05) is 38.6 Å². The number of nitrogens with two attached hydrogens (primary N) is 1. The third-order valence-corrected chi connectivity index (χ3v) is 4.71. The maximum Gasteiger partial charge on any atom is 0.223 e. The highest BCUT2D eigenvalue weighted by Crippen LogP contribution is 2.28. The van der Waals surface area contributed by atoms with Crippen LogP contribution in [0.1, 0.15) is 32.6 Å². The van der Waals surface area contributed by atoms with E-state index in [0.717, 1.165) is 25.7 Å². The Bertz CT molecular complexity index is 316. The van der Waals surface area contributed by atoms with Gasteiger partial charge in [0.15, 0.2) is 0 Å². The first-order chi connectivity index (χ1) is 9.06. The lowest BCUT2D eigenvalue weighted by Gasteiger charge is -2.32. The fourth-order valence-corrected chi connectivity index (χ4v) is 2.95. The van der Waals surface area contributed by atoms with Gasteiger partial charge in [-0.15, -0.1) is 0 Å². The molecular weight excluding hydrogens is 244 g/mol. The van der Waals surface area contributed by atoms with Crippen molar-refractivity contribution in [2.75, 3.05) is 26.9 Å². The molecule has 1 amide bonds. The van der Waals surface area contributed by atoms with Crippen LogP contribution in [0.3, 0.4) is 0 Å². The first-order valence-corrected chi connectivity index (χ1v) is 7.22. The number of carbonyl (C=O) groups is 1. The van der Waals surface area contributed by atoms with Crippen molar-refractivity contribution < 1.29 is 14.3 Å². The highest BCUT2D eigenvalue weighted by molar-refractivity contribution is 5.78. The fraction of sp³-hybridized carbons (Fsp3) is 0.929. The Morgan fingerprint density at radius 2 is 2.32 bits per heavy atom. The van der Waals surface area contributed by atoms with Crippen LogP contribution in [0, 0.1) is 11.8 Å². The predicted octanol–water partition coefficient (Wildman–Crippen LogP) is 0.672. The van der Waals surface area contributed by atoms with Gasteiger partial charge in [0.1, 0.15) is 5.60 Å². The third-order valence-electron chi connectivity index (χ3n) is 4.71. The SMILES string of the molecule is COC1(CNC(=O)C2CCC(C)C(N)C2)CCOC1. The topological polar surface area (TPSA) is 73.6 Å². The zero-order valence-electron chi connectivity index (χ0n) is 12.0. The summed E-state index contributed by atoms with van der Waals surface area (Å²) < 4.78 is 10.9. The van der Waals surface area contributed by atoms with Crippen molar-refractivity contribution in [2.24, 2.45) is 17.6 Å². The van der Waals surface area contributed by atoms with Crippen LogP contribution in [0.25, 0.3) is 0 Å². The predicted molar refractivity (Wildman–Crippen MR) is 72.7 cm³/mol. The molecule has 0 aromatic carbocycles. The highest BCUT2D eigenvalue weighted by atomic mass is 16.5. The lowest BCUT2D eigenvalue weighted by atomic mass is 9.79. The van der Waals surface area contributed by atoms with Crippen LogP contribution in [-0.4, -0.2) is 44.4 Å². The van der Waals surface area contributed by atoms with Crippen molar-refractivity contribution in [1.29, 1.82) is 0 Å². The number of carbonyl (C=O) groups excluding carboxylic acids is 1. The first kappa shape index (κ1) is 14.8. The lowest BCUT2D eigenvalue weighted by Crippen LogP contribution is -2.48. The Kier molecular flexibility index (Phi) is 4.81. The van der Waals surface area contributed by atoms with Gasteiger partial charge in [-0.25, -0.2) is 0 Å². The van der Waals surface area contributed by atoms with E-state index in [9.17, 15) is 4.79 Å². The summed E-state index contributed by atoms with van der Waals surface area (Å²) in [5.74, 6) is 0.700. The van der Waals surface area contributed by atoms with E-state index in [1.165, 1.54) is 0 Å². The molecule has 1 aliphatic carbocycles. The summed E-state index contributed by atoms with van der Waals surface area (Å²) in [6, 6.07) is 0.149. The van der Waals surface area contributed by atoms with Crippen LogP contribution in [0.5, 0.6) is 0 Å². The number of amides is 1. The number of rotatable bonds is 4. The summed E-state index contributed by atoms with van der Waals surface area (Å²) in [5.41, 5.74) is 5.72. The van der Waals surface area contributed by atoms with Crippen molar-refractivity contribution in [3.05, 3.63) is 0 Å². The molecule has 0 bridgehead atoms. The number of hydrogen-bond acceptors (Lipinski definition) is 4. The standard InChI is InChI=1S/C14H26N2O3/c1-10-3-4-11(7-12(10)15)13(17)16-8-14(18-2)5-6-19-9-14/h10-12H,3-9,15H2,1-2H3,(H,16,17). The maximum atomic E-state index is 12.2. The van der Waals surface area contributed by atoms with Crippen molar-refractivity contribution in [1.82, 2.24) is 5.32 Å². The van der Waals surface area contributed by atoms with Gasteiger partial charge in [0.25, 0.3) is 0 Å². The highest BCUT2D eigenvalue weighted by Gasteiger charge is 2.36. The molecule has 2 aliphatic rings. The van der Waals surface area contributed by atoms with Crippen molar-refractivity contribution in [2.45, 2.75) is 44.2 Å².